The van der Waals surface area contributed by atoms with Gasteiger partial charge in [0.05, 0.1) is 27.8 Å². The molecule has 3 heterocycles. The normalized spacial score (nSPS) is 13.2. The first-order valence-corrected chi connectivity index (χ1v) is 23.9. The van der Waals surface area contributed by atoms with Crippen molar-refractivity contribution in [2.24, 2.45) is 0 Å². The maximum Gasteiger partial charge on any atom is 0.178 e. The summed E-state index contributed by atoms with van der Waals surface area (Å²) >= 11 is 0. The van der Waals surface area contributed by atoms with Crippen LogP contribution >= 0.6 is 0 Å². The molecule has 3 aliphatic rings. The average Bonchev–Trinajstić information content (AvgIpc) is 4.05. The maximum atomic E-state index is 6.84. The van der Waals surface area contributed by atoms with Crippen LogP contribution in [0, 0.1) is 0 Å². The van der Waals surface area contributed by atoms with Gasteiger partial charge in [0.1, 0.15) is 0 Å². The first-order valence-electron chi connectivity index (χ1n) is 23.9. The molecule has 0 N–H and O–H groups in total. The lowest BCUT2D eigenvalue weighted by atomic mass is 9.70. The predicted octanol–water partition coefficient (Wildman–Crippen LogP) is 17.1. The molecule has 10 aromatic carbocycles. The van der Waals surface area contributed by atoms with Crippen LogP contribution in [0.25, 0.3) is 94.5 Å². The molecule has 0 bridgehead atoms. The van der Waals surface area contributed by atoms with Crippen LogP contribution in [-0.2, 0) is 5.41 Å². The summed E-state index contributed by atoms with van der Waals surface area (Å²) in [6, 6.07) is 87.3. The molecule has 0 saturated heterocycles. The Bertz CT molecular complexity index is 4010. The molecule has 70 heavy (non-hydrogen) atoms. The van der Waals surface area contributed by atoms with Crippen LogP contribution in [0.4, 0.5) is 0 Å². The molecule has 0 atom stereocenters. The lowest BCUT2D eigenvalue weighted by Gasteiger charge is -2.31. The summed E-state index contributed by atoms with van der Waals surface area (Å²) in [4.78, 5) is 5.22. The average molecular weight is 893 g/mol. The molecule has 15 rings (SSSR count). The Hall–Kier alpha value is -9.25. The number of aromatic nitrogens is 2. The summed E-state index contributed by atoms with van der Waals surface area (Å²) in [6.45, 7) is 0. The SMILES string of the molecule is c1ccc(-c2cc(-c3ccccc3)nc(-c3ccc(-n4c5ccccc5c5cc(-c6ccc7c(c6)C6(c8ccccc8-c8ccccc86)c6ccc8c(c6-7)Oc6ccccc6O8)ccc54)cc3)c2)cc1. The van der Waals surface area contributed by atoms with E-state index in [0.717, 1.165) is 95.6 Å². The van der Waals surface area contributed by atoms with Gasteiger partial charge in [-0.25, -0.2) is 4.98 Å². The van der Waals surface area contributed by atoms with Gasteiger partial charge in [-0.05, 0) is 128 Å². The Morgan fingerprint density at radius 2 is 0.900 bits per heavy atom. The Morgan fingerprint density at radius 3 is 1.64 bits per heavy atom. The molecule has 0 fully saturated rings. The van der Waals surface area contributed by atoms with Crippen LogP contribution in [0.2, 0.25) is 0 Å². The number of benzene rings is 10. The third-order valence-corrected chi connectivity index (χ3v) is 14.9. The molecule has 12 aromatic rings. The van der Waals surface area contributed by atoms with E-state index in [4.69, 9.17) is 14.5 Å². The highest BCUT2D eigenvalue weighted by molar-refractivity contribution is 6.11. The highest BCUT2D eigenvalue weighted by atomic mass is 16.6. The van der Waals surface area contributed by atoms with Crippen molar-refractivity contribution >= 4 is 21.8 Å². The second kappa shape index (κ2) is 14.9. The zero-order valence-corrected chi connectivity index (χ0v) is 37.8. The van der Waals surface area contributed by atoms with E-state index >= 15 is 0 Å². The van der Waals surface area contributed by atoms with Crippen molar-refractivity contribution in [1.29, 1.82) is 0 Å². The molecule has 0 amide bonds. The second-order valence-electron chi connectivity index (χ2n) is 18.6. The number of ether oxygens (including phenoxy) is 2. The summed E-state index contributed by atoms with van der Waals surface area (Å²) in [5, 5.41) is 2.41. The van der Waals surface area contributed by atoms with Gasteiger partial charge < -0.3 is 14.0 Å². The predicted molar refractivity (Wildman–Crippen MR) is 283 cm³/mol. The standard InChI is InChI=1S/C66H40N2O2/c1-3-15-41(16-4-1)46-39-57(42-17-5-2-6-18-42)67-58(40-46)43-27-31-47(32-28-43)68-59-24-12-9-21-50(59)52-37-44(30-35-60(52)68)45-29-33-51-56(38-45)66(53-22-10-7-19-48(53)49-20-8-11-23-54(49)66)55-34-36-63-65(64(51)55)70-62-26-14-13-25-61(62)69-63/h1-40H. The van der Waals surface area contributed by atoms with Gasteiger partial charge in [0.2, 0.25) is 0 Å². The minimum atomic E-state index is -0.559. The highest BCUT2D eigenvalue weighted by Gasteiger charge is 2.53. The minimum Gasteiger partial charge on any atom is -0.449 e. The molecule has 4 heteroatoms. The van der Waals surface area contributed by atoms with Crippen molar-refractivity contribution in [3.8, 4) is 95.7 Å². The first-order chi connectivity index (χ1) is 34.7. The number of rotatable bonds is 5. The molecule has 2 aliphatic carbocycles. The monoisotopic (exact) mass is 892 g/mol. The fourth-order valence-electron chi connectivity index (χ4n) is 11.8. The molecule has 0 unspecified atom stereocenters. The Labute approximate surface area is 405 Å². The molecule has 326 valence electrons. The molecule has 0 radical (unpaired) electrons. The van der Waals surface area contributed by atoms with E-state index in [1.54, 1.807) is 0 Å². The number of hydrogen-bond donors (Lipinski definition) is 0. The van der Waals surface area contributed by atoms with Gasteiger partial charge in [-0.3, -0.25) is 0 Å². The van der Waals surface area contributed by atoms with E-state index in [1.165, 1.54) is 44.2 Å². The van der Waals surface area contributed by atoms with Gasteiger partial charge in [-0.15, -0.1) is 0 Å². The van der Waals surface area contributed by atoms with E-state index in [-0.39, 0.29) is 0 Å². The Balaban J connectivity index is 0.868. The lowest BCUT2D eigenvalue weighted by molar-refractivity contribution is 0.360. The molecule has 1 spiro atoms. The topological polar surface area (TPSA) is 36.3 Å². The fourth-order valence-corrected chi connectivity index (χ4v) is 11.8. The zero-order valence-electron chi connectivity index (χ0n) is 37.8. The minimum absolute atomic E-state index is 0.559. The fraction of sp³-hybridized carbons (Fsp3) is 0.0152. The van der Waals surface area contributed by atoms with Gasteiger partial charge in [0, 0.05) is 33.2 Å². The van der Waals surface area contributed by atoms with Crippen molar-refractivity contribution in [1.82, 2.24) is 9.55 Å². The number of para-hydroxylation sites is 3. The second-order valence-corrected chi connectivity index (χ2v) is 18.6. The van der Waals surface area contributed by atoms with E-state index in [9.17, 15) is 0 Å². The summed E-state index contributed by atoms with van der Waals surface area (Å²) in [7, 11) is 0. The summed E-state index contributed by atoms with van der Waals surface area (Å²) in [5.74, 6) is 2.94. The first kappa shape index (κ1) is 38.8. The van der Waals surface area contributed by atoms with E-state index in [2.05, 4.69) is 217 Å². The third kappa shape index (κ3) is 5.56. The summed E-state index contributed by atoms with van der Waals surface area (Å²) < 4.78 is 15.8. The van der Waals surface area contributed by atoms with E-state index in [0.29, 0.717) is 0 Å². The summed E-state index contributed by atoms with van der Waals surface area (Å²) in [6.07, 6.45) is 0. The van der Waals surface area contributed by atoms with Crippen molar-refractivity contribution in [2.45, 2.75) is 5.41 Å². The molecule has 1 aliphatic heterocycles. The number of fused-ring (bicyclic) bond motifs is 16. The van der Waals surface area contributed by atoms with Crippen molar-refractivity contribution in [2.75, 3.05) is 0 Å². The van der Waals surface area contributed by atoms with Gasteiger partial charge >= 0.3 is 0 Å². The van der Waals surface area contributed by atoms with E-state index < -0.39 is 5.41 Å². The number of pyridine rings is 1. The maximum absolute atomic E-state index is 6.84. The van der Waals surface area contributed by atoms with Crippen LogP contribution in [-0.4, -0.2) is 9.55 Å². The lowest BCUT2D eigenvalue weighted by Crippen LogP contribution is -2.26. The third-order valence-electron chi connectivity index (χ3n) is 14.9. The smallest absolute Gasteiger partial charge is 0.178 e. The number of nitrogens with zero attached hydrogens (tertiary/aromatic N) is 2. The van der Waals surface area contributed by atoms with Crippen LogP contribution in [0.15, 0.2) is 243 Å². The highest BCUT2D eigenvalue weighted by Crippen LogP contribution is 2.66. The quantitative estimate of drug-likeness (QED) is 0.173. The van der Waals surface area contributed by atoms with Gasteiger partial charge in [0.15, 0.2) is 23.0 Å². The molecule has 4 nitrogen and oxygen atoms in total. The van der Waals surface area contributed by atoms with Crippen LogP contribution in [0.5, 0.6) is 23.0 Å². The van der Waals surface area contributed by atoms with Gasteiger partial charge in [-0.1, -0.05) is 176 Å². The Morgan fingerprint density at radius 1 is 0.329 bits per heavy atom. The van der Waals surface area contributed by atoms with Gasteiger partial charge in [0.25, 0.3) is 0 Å². The van der Waals surface area contributed by atoms with E-state index in [1.807, 2.05) is 30.3 Å². The van der Waals surface area contributed by atoms with Crippen molar-refractivity contribution < 1.29 is 9.47 Å². The van der Waals surface area contributed by atoms with Gasteiger partial charge in [-0.2, -0.15) is 0 Å². The Kier molecular flexibility index (Phi) is 8.25. The van der Waals surface area contributed by atoms with Crippen LogP contribution < -0.4 is 9.47 Å². The molecule has 2 aromatic heterocycles. The summed E-state index contributed by atoms with van der Waals surface area (Å²) in [5.41, 5.74) is 21.3. The number of hydrogen-bond acceptors (Lipinski definition) is 3. The van der Waals surface area contributed by atoms with Crippen molar-refractivity contribution in [3.63, 3.8) is 0 Å². The van der Waals surface area contributed by atoms with Crippen LogP contribution in [0.3, 0.4) is 0 Å². The van der Waals surface area contributed by atoms with Crippen LogP contribution in [0.1, 0.15) is 22.3 Å². The zero-order chi connectivity index (χ0) is 45.9. The van der Waals surface area contributed by atoms with Crippen molar-refractivity contribution in [3.05, 3.63) is 265 Å². The molecule has 0 saturated carbocycles. The molecular formula is C66H40N2O2. The largest absolute Gasteiger partial charge is 0.449 e. The molecular weight excluding hydrogens is 853 g/mol.